The van der Waals surface area contributed by atoms with Crippen molar-refractivity contribution in [2.24, 2.45) is 0 Å². The number of aliphatic hydroxyl groups excluding tert-OH is 1. The van der Waals surface area contributed by atoms with Crippen molar-refractivity contribution in [2.45, 2.75) is 82.2 Å². The maximum Gasteiger partial charge on any atom is 0.335 e. The molecule has 2 unspecified atom stereocenters. The molecule has 27 heavy (non-hydrogen) atoms. The number of hydrogen-bond donors (Lipinski definition) is 2. The minimum absolute atomic E-state index is 0.169. The summed E-state index contributed by atoms with van der Waals surface area (Å²) in [6.07, 6.45) is 9.06. The number of nitrogens with zero attached hydrogens (tertiary/aromatic N) is 1. The lowest BCUT2D eigenvalue weighted by Crippen LogP contribution is -2.34. The fourth-order valence-electron chi connectivity index (χ4n) is 3.95. The summed E-state index contributed by atoms with van der Waals surface area (Å²) in [5.74, 6) is -0.888. The zero-order valence-electron chi connectivity index (χ0n) is 16.4. The summed E-state index contributed by atoms with van der Waals surface area (Å²) in [7, 11) is 0. The predicted molar refractivity (Wildman–Crippen MR) is 111 cm³/mol. The molecule has 1 aliphatic heterocycles. The van der Waals surface area contributed by atoms with Gasteiger partial charge in [-0.1, -0.05) is 38.3 Å². The SMILES string of the molecule is CCCCC[C@@H](O)CCCN1CCC(Cl)C1CCc1ccc(C(=O)O)cc1. The Morgan fingerprint density at radius 3 is 2.59 bits per heavy atom. The predicted octanol–water partition coefficient (Wildman–Crippen LogP) is 4.72. The van der Waals surface area contributed by atoms with Crippen LogP contribution in [0.2, 0.25) is 0 Å². The second-order valence-corrected chi connectivity index (χ2v) is 8.30. The van der Waals surface area contributed by atoms with E-state index in [4.69, 9.17) is 16.7 Å². The van der Waals surface area contributed by atoms with E-state index in [1.54, 1.807) is 12.1 Å². The number of carbonyl (C=O) groups is 1. The van der Waals surface area contributed by atoms with E-state index in [1.165, 1.54) is 12.8 Å². The number of rotatable bonds is 12. The van der Waals surface area contributed by atoms with Gasteiger partial charge in [0.25, 0.3) is 0 Å². The molecule has 0 bridgehead atoms. The highest BCUT2D eigenvalue weighted by Gasteiger charge is 2.31. The topological polar surface area (TPSA) is 60.8 Å². The van der Waals surface area contributed by atoms with E-state index in [1.807, 2.05) is 12.1 Å². The zero-order chi connectivity index (χ0) is 19.6. The number of unbranched alkanes of at least 4 members (excludes halogenated alkanes) is 2. The van der Waals surface area contributed by atoms with Gasteiger partial charge in [-0.3, -0.25) is 4.90 Å². The van der Waals surface area contributed by atoms with Crippen LogP contribution in [0.15, 0.2) is 24.3 Å². The quantitative estimate of drug-likeness (QED) is 0.397. The summed E-state index contributed by atoms with van der Waals surface area (Å²) < 4.78 is 0. The molecule has 152 valence electrons. The van der Waals surface area contributed by atoms with Gasteiger partial charge in [-0.15, -0.1) is 11.6 Å². The molecule has 0 saturated carbocycles. The van der Waals surface area contributed by atoms with Crippen molar-refractivity contribution < 1.29 is 15.0 Å². The third-order valence-electron chi connectivity index (χ3n) is 5.63. The minimum atomic E-state index is -0.888. The maximum atomic E-state index is 10.9. The Labute approximate surface area is 168 Å². The molecule has 0 aromatic heterocycles. The van der Waals surface area contributed by atoms with Crippen molar-refractivity contribution in [3.8, 4) is 0 Å². The Morgan fingerprint density at radius 2 is 1.93 bits per heavy atom. The van der Waals surface area contributed by atoms with E-state index in [9.17, 15) is 9.90 Å². The van der Waals surface area contributed by atoms with Crippen molar-refractivity contribution in [3.63, 3.8) is 0 Å². The van der Waals surface area contributed by atoms with Crippen LogP contribution < -0.4 is 0 Å². The maximum absolute atomic E-state index is 10.9. The number of hydrogen-bond acceptors (Lipinski definition) is 3. The van der Waals surface area contributed by atoms with Crippen LogP contribution >= 0.6 is 11.6 Å². The zero-order valence-corrected chi connectivity index (χ0v) is 17.2. The van der Waals surface area contributed by atoms with E-state index >= 15 is 0 Å². The van der Waals surface area contributed by atoms with Gasteiger partial charge in [0.05, 0.1) is 17.0 Å². The number of alkyl halides is 1. The molecule has 0 spiro atoms. The van der Waals surface area contributed by atoms with Crippen molar-refractivity contribution >= 4 is 17.6 Å². The van der Waals surface area contributed by atoms with Crippen molar-refractivity contribution in [2.75, 3.05) is 13.1 Å². The number of aryl methyl sites for hydroxylation is 1. The Kier molecular flexibility index (Phi) is 9.60. The molecule has 1 fully saturated rings. The second-order valence-electron chi connectivity index (χ2n) is 7.74. The molecule has 1 saturated heterocycles. The van der Waals surface area contributed by atoms with Crippen LogP contribution in [0.5, 0.6) is 0 Å². The Morgan fingerprint density at radius 1 is 1.22 bits per heavy atom. The van der Waals surface area contributed by atoms with Gasteiger partial charge in [-0.2, -0.15) is 0 Å². The minimum Gasteiger partial charge on any atom is -0.478 e. The molecule has 1 aromatic carbocycles. The summed E-state index contributed by atoms with van der Waals surface area (Å²) in [4.78, 5) is 13.4. The van der Waals surface area contributed by atoms with Crippen LogP contribution in [-0.2, 0) is 6.42 Å². The number of benzene rings is 1. The van der Waals surface area contributed by atoms with Gasteiger partial charge in [-0.25, -0.2) is 4.79 Å². The highest BCUT2D eigenvalue weighted by atomic mass is 35.5. The number of carboxylic acid groups (broad SMARTS) is 1. The Hall–Kier alpha value is -1.10. The molecule has 4 nitrogen and oxygen atoms in total. The molecule has 1 aliphatic rings. The average Bonchev–Trinajstić information content (AvgIpc) is 3.00. The third-order valence-corrected chi connectivity index (χ3v) is 6.14. The highest BCUT2D eigenvalue weighted by molar-refractivity contribution is 6.21. The van der Waals surface area contributed by atoms with E-state index in [2.05, 4.69) is 11.8 Å². The molecule has 3 atom stereocenters. The molecule has 1 heterocycles. The van der Waals surface area contributed by atoms with Gasteiger partial charge in [0.2, 0.25) is 0 Å². The van der Waals surface area contributed by atoms with Crippen LogP contribution in [0.3, 0.4) is 0 Å². The van der Waals surface area contributed by atoms with Crippen molar-refractivity contribution in [1.82, 2.24) is 4.90 Å². The summed E-state index contributed by atoms with van der Waals surface area (Å²) >= 11 is 6.56. The Bertz CT molecular complexity index is 563. The average molecular weight is 396 g/mol. The number of halogens is 1. The summed E-state index contributed by atoms with van der Waals surface area (Å²) in [6.45, 7) is 4.21. The van der Waals surface area contributed by atoms with E-state index in [0.29, 0.717) is 11.6 Å². The lowest BCUT2D eigenvalue weighted by molar-refractivity contribution is 0.0697. The first-order chi connectivity index (χ1) is 13.0. The standard InChI is InChI=1S/C22H34ClNO3/c1-2-3-4-6-19(25)7-5-15-24-16-14-20(23)21(24)13-10-17-8-11-18(12-9-17)22(26)27/h8-9,11-12,19-21,25H,2-7,10,13-16H2,1H3,(H,26,27)/t19-,20?,21?/m1/s1. The summed E-state index contributed by atoms with van der Waals surface area (Å²) in [5.41, 5.74) is 1.48. The smallest absolute Gasteiger partial charge is 0.335 e. The normalized spacial score (nSPS) is 21.4. The van der Waals surface area contributed by atoms with E-state index in [-0.39, 0.29) is 11.5 Å². The number of carboxylic acids is 1. The lowest BCUT2D eigenvalue weighted by atomic mass is 10.0. The largest absolute Gasteiger partial charge is 0.478 e. The first-order valence-corrected chi connectivity index (χ1v) is 10.8. The summed E-state index contributed by atoms with van der Waals surface area (Å²) in [6, 6.07) is 7.50. The number of aliphatic hydroxyl groups is 1. The second kappa shape index (κ2) is 11.7. The van der Waals surface area contributed by atoms with E-state index in [0.717, 1.165) is 63.6 Å². The lowest BCUT2D eigenvalue weighted by Gasteiger charge is -2.26. The van der Waals surface area contributed by atoms with Gasteiger partial charge in [0, 0.05) is 6.04 Å². The first kappa shape index (κ1) is 22.2. The van der Waals surface area contributed by atoms with Crippen LogP contribution in [-0.4, -0.2) is 51.7 Å². The van der Waals surface area contributed by atoms with Crippen molar-refractivity contribution in [3.05, 3.63) is 35.4 Å². The summed E-state index contributed by atoms with van der Waals surface area (Å²) in [5, 5.41) is 19.3. The van der Waals surface area contributed by atoms with Gasteiger partial charge in [0.15, 0.2) is 0 Å². The van der Waals surface area contributed by atoms with Crippen LogP contribution in [0.25, 0.3) is 0 Å². The Balaban J connectivity index is 1.74. The highest BCUT2D eigenvalue weighted by Crippen LogP contribution is 2.27. The van der Waals surface area contributed by atoms with Gasteiger partial charge < -0.3 is 10.2 Å². The molecule has 0 amide bonds. The molecular weight excluding hydrogens is 362 g/mol. The fourth-order valence-corrected chi connectivity index (χ4v) is 4.33. The van der Waals surface area contributed by atoms with Gasteiger partial charge in [-0.05, 0) is 69.3 Å². The van der Waals surface area contributed by atoms with Crippen LogP contribution in [0, 0.1) is 0 Å². The number of aromatic carboxylic acids is 1. The monoisotopic (exact) mass is 395 g/mol. The van der Waals surface area contributed by atoms with Gasteiger partial charge >= 0.3 is 5.97 Å². The first-order valence-electron chi connectivity index (χ1n) is 10.4. The fraction of sp³-hybridized carbons (Fsp3) is 0.682. The van der Waals surface area contributed by atoms with Gasteiger partial charge in [0.1, 0.15) is 0 Å². The third kappa shape index (κ3) is 7.44. The van der Waals surface area contributed by atoms with Crippen LogP contribution in [0.1, 0.15) is 74.2 Å². The van der Waals surface area contributed by atoms with Crippen LogP contribution in [0.4, 0.5) is 0 Å². The van der Waals surface area contributed by atoms with E-state index < -0.39 is 5.97 Å². The van der Waals surface area contributed by atoms with Crippen molar-refractivity contribution in [1.29, 1.82) is 0 Å². The molecule has 1 aromatic rings. The number of likely N-dealkylation sites (tertiary alicyclic amines) is 1. The molecule has 0 radical (unpaired) electrons. The molecule has 5 heteroatoms. The molecule has 0 aliphatic carbocycles. The molecule has 2 rings (SSSR count). The molecule has 2 N–H and O–H groups in total. The molecular formula is C22H34ClNO3.